The molecule has 30 heavy (non-hydrogen) atoms. The first-order chi connectivity index (χ1) is 14.7. The summed E-state index contributed by atoms with van der Waals surface area (Å²) in [5.41, 5.74) is 4.36. The Morgan fingerprint density at radius 3 is 2.13 bits per heavy atom. The molecule has 0 heterocycles. The van der Waals surface area contributed by atoms with Crippen LogP contribution < -0.4 is 5.32 Å². The van der Waals surface area contributed by atoms with Crippen molar-refractivity contribution in [3.8, 4) is 11.8 Å². The lowest BCUT2D eigenvalue weighted by Crippen LogP contribution is -2.12. The lowest BCUT2D eigenvalue weighted by molar-refractivity contribution is -0.131. The third-order valence-corrected chi connectivity index (χ3v) is 4.90. The summed E-state index contributed by atoms with van der Waals surface area (Å²) in [4.78, 5) is 10.6. The molecule has 158 valence electrons. The average Bonchev–Trinajstić information content (AvgIpc) is 2.76. The molecule has 2 aromatic carbocycles. The molecule has 0 aliphatic rings. The van der Waals surface area contributed by atoms with Crippen molar-refractivity contribution in [1.82, 2.24) is 5.32 Å². The van der Waals surface area contributed by atoms with Gasteiger partial charge in [-0.05, 0) is 41.3 Å². The lowest BCUT2D eigenvalue weighted by Gasteiger charge is -2.06. The van der Waals surface area contributed by atoms with Crippen molar-refractivity contribution in [1.29, 1.82) is 0 Å². The monoisotopic (exact) mass is 403 g/mol. The van der Waals surface area contributed by atoms with E-state index in [0.717, 1.165) is 36.7 Å². The molecule has 2 aromatic rings. The second-order valence-corrected chi connectivity index (χ2v) is 7.53. The maximum atomic E-state index is 10.6. The topological polar surface area (TPSA) is 49.3 Å². The van der Waals surface area contributed by atoms with Crippen LogP contribution in [-0.4, -0.2) is 11.1 Å². The van der Waals surface area contributed by atoms with E-state index in [1.54, 1.807) is 6.08 Å². The van der Waals surface area contributed by atoms with Crippen LogP contribution in [0.2, 0.25) is 0 Å². The summed E-state index contributed by atoms with van der Waals surface area (Å²) in [6.45, 7) is 3.81. The van der Waals surface area contributed by atoms with Gasteiger partial charge in [-0.1, -0.05) is 87.3 Å². The van der Waals surface area contributed by atoms with Gasteiger partial charge >= 0.3 is 5.97 Å². The Hall–Kier alpha value is -2.83. The van der Waals surface area contributed by atoms with Crippen LogP contribution in [0, 0.1) is 11.8 Å². The molecule has 3 nitrogen and oxygen atoms in total. The number of benzene rings is 2. The van der Waals surface area contributed by atoms with E-state index in [0.29, 0.717) is 0 Å². The van der Waals surface area contributed by atoms with Crippen LogP contribution in [0.25, 0.3) is 6.08 Å². The summed E-state index contributed by atoms with van der Waals surface area (Å²) in [6, 6.07) is 16.3. The van der Waals surface area contributed by atoms with E-state index in [-0.39, 0.29) is 0 Å². The molecular formula is C27H33NO2. The minimum Gasteiger partial charge on any atom is -0.478 e. The van der Waals surface area contributed by atoms with Gasteiger partial charge < -0.3 is 10.4 Å². The van der Waals surface area contributed by atoms with Crippen molar-refractivity contribution in [2.45, 2.75) is 65.0 Å². The zero-order valence-corrected chi connectivity index (χ0v) is 18.0. The van der Waals surface area contributed by atoms with Crippen LogP contribution in [0.5, 0.6) is 0 Å². The molecule has 0 radical (unpaired) electrons. The van der Waals surface area contributed by atoms with Crippen LogP contribution in [0.1, 0.15) is 74.1 Å². The third-order valence-electron chi connectivity index (χ3n) is 4.90. The van der Waals surface area contributed by atoms with Crippen LogP contribution in [0.4, 0.5) is 0 Å². The summed E-state index contributed by atoms with van der Waals surface area (Å²) in [6.07, 6.45) is 11.6. The van der Waals surface area contributed by atoms with Crippen LogP contribution in [0.3, 0.4) is 0 Å². The molecule has 0 aromatic heterocycles. The smallest absolute Gasteiger partial charge is 0.328 e. The summed E-state index contributed by atoms with van der Waals surface area (Å²) in [5.74, 6) is 5.62. The Morgan fingerprint density at radius 1 is 0.900 bits per heavy atom. The number of nitrogens with one attached hydrogen (secondary N) is 1. The minimum absolute atomic E-state index is 0.767. The van der Waals surface area contributed by atoms with Crippen LogP contribution >= 0.6 is 0 Å². The molecule has 0 atom stereocenters. The number of rotatable bonds is 12. The molecule has 2 N–H and O–H groups in total. The first kappa shape index (κ1) is 23.4. The van der Waals surface area contributed by atoms with Crippen molar-refractivity contribution in [2.24, 2.45) is 0 Å². The van der Waals surface area contributed by atoms with Crippen LogP contribution in [-0.2, 0) is 17.9 Å². The largest absolute Gasteiger partial charge is 0.478 e. The molecule has 0 saturated carbocycles. The molecule has 0 aliphatic carbocycles. The summed E-state index contributed by atoms with van der Waals surface area (Å²) >= 11 is 0. The number of unbranched alkanes of at least 4 members (excludes halogenated alkanes) is 6. The molecule has 0 spiro atoms. The average molecular weight is 404 g/mol. The van der Waals surface area contributed by atoms with Crippen molar-refractivity contribution < 1.29 is 9.90 Å². The van der Waals surface area contributed by atoms with Crippen molar-refractivity contribution in [3.63, 3.8) is 0 Å². The van der Waals surface area contributed by atoms with Gasteiger partial charge in [-0.25, -0.2) is 4.79 Å². The normalized spacial score (nSPS) is 10.7. The Kier molecular flexibility index (Phi) is 11.1. The molecule has 0 amide bonds. The highest BCUT2D eigenvalue weighted by Crippen LogP contribution is 2.09. The number of hydrogen-bond donors (Lipinski definition) is 2. The second kappa shape index (κ2) is 14.2. The highest BCUT2D eigenvalue weighted by molar-refractivity contribution is 5.85. The number of carbonyl (C=O) groups is 1. The van der Waals surface area contributed by atoms with Gasteiger partial charge in [0.1, 0.15) is 0 Å². The minimum atomic E-state index is -0.935. The molecule has 0 unspecified atom stereocenters. The predicted molar refractivity (Wildman–Crippen MR) is 125 cm³/mol. The number of aliphatic carboxylic acids is 1. The SMILES string of the molecule is CCCCCCCCC#Cc1ccc(CNCc2ccc(/C=C/C(=O)O)cc2)cc1. The first-order valence-corrected chi connectivity index (χ1v) is 11.0. The summed E-state index contributed by atoms with van der Waals surface area (Å²) in [7, 11) is 0. The van der Waals surface area contributed by atoms with Crippen molar-refractivity contribution >= 4 is 12.0 Å². The zero-order chi connectivity index (χ0) is 21.4. The van der Waals surface area contributed by atoms with E-state index < -0.39 is 5.97 Å². The second-order valence-electron chi connectivity index (χ2n) is 7.53. The van der Waals surface area contributed by atoms with Gasteiger partial charge in [0.15, 0.2) is 0 Å². The molecule has 2 rings (SSSR count). The molecular weight excluding hydrogens is 370 g/mol. The maximum Gasteiger partial charge on any atom is 0.328 e. The summed E-state index contributed by atoms with van der Waals surface area (Å²) in [5, 5.41) is 12.1. The fraction of sp³-hybridized carbons (Fsp3) is 0.370. The Balaban J connectivity index is 1.67. The Morgan fingerprint density at radius 2 is 1.50 bits per heavy atom. The van der Waals surface area contributed by atoms with E-state index in [2.05, 4.69) is 48.3 Å². The number of carboxylic acids is 1. The van der Waals surface area contributed by atoms with Gasteiger partial charge in [0.2, 0.25) is 0 Å². The van der Waals surface area contributed by atoms with E-state index in [1.807, 2.05) is 24.3 Å². The molecule has 0 bridgehead atoms. The quantitative estimate of drug-likeness (QED) is 0.253. The van der Waals surface area contributed by atoms with Gasteiger partial charge in [-0.15, -0.1) is 0 Å². The third kappa shape index (κ3) is 10.1. The van der Waals surface area contributed by atoms with Gasteiger partial charge in [0.25, 0.3) is 0 Å². The fourth-order valence-electron chi connectivity index (χ4n) is 3.13. The molecule has 0 aliphatic heterocycles. The summed E-state index contributed by atoms with van der Waals surface area (Å²) < 4.78 is 0. The number of hydrogen-bond acceptors (Lipinski definition) is 2. The van der Waals surface area contributed by atoms with E-state index in [1.165, 1.54) is 49.7 Å². The number of carboxylic acid groups (broad SMARTS) is 1. The van der Waals surface area contributed by atoms with Gasteiger partial charge in [0.05, 0.1) is 0 Å². The molecule has 3 heteroatoms. The van der Waals surface area contributed by atoms with Crippen LogP contribution in [0.15, 0.2) is 54.6 Å². The Labute approximate surface area is 181 Å². The Bertz CT molecular complexity index is 839. The molecule has 0 saturated heterocycles. The maximum absolute atomic E-state index is 10.6. The highest BCUT2D eigenvalue weighted by Gasteiger charge is 1.96. The fourth-order valence-corrected chi connectivity index (χ4v) is 3.13. The highest BCUT2D eigenvalue weighted by atomic mass is 16.4. The van der Waals surface area contributed by atoms with E-state index in [4.69, 9.17) is 5.11 Å². The lowest BCUT2D eigenvalue weighted by atomic mass is 10.1. The predicted octanol–water partition coefficient (Wildman–Crippen LogP) is 6.18. The van der Waals surface area contributed by atoms with Gasteiger partial charge in [0, 0.05) is 31.1 Å². The standard InChI is InChI=1S/C27H33NO2/c1-2-3-4-5-6-7-8-9-10-23-11-15-25(16-12-23)21-28-22-26-17-13-24(14-18-26)19-20-27(29)30/h11-20,28H,2-8,21-22H2,1H3,(H,29,30)/b20-19+. The first-order valence-electron chi connectivity index (χ1n) is 11.0. The van der Waals surface area contributed by atoms with Gasteiger partial charge in [-0.2, -0.15) is 0 Å². The van der Waals surface area contributed by atoms with E-state index >= 15 is 0 Å². The zero-order valence-electron chi connectivity index (χ0n) is 18.0. The van der Waals surface area contributed by atoms with Crippen molar-refractivity contribution in [3.05, 3.63) is 76.9 Å². The van der Waals surface area contributed by atoms with Crippen molar-refractivity contribution in [2.75, 3.05) is 0 Å². The van der Waals surface area contributed by atoms with Gasteiger partial charge in [-0.3, -0.25) is 0 Å². The molecule has 0 fully saturated rings. The van der Waals surface area contributed by atoms with E-state index in [9.17, 15) is 4.79 Å².